The van der Waals surface area contributed by atoms with Crippen molar-refractivity contribution in [2.24, 2.45) is 0 Å². The Morgan fingerprint density at radius 1 is 1.47 bits per heavy atom. The maximum absolute atomic E-state index is 11.3. The van der Waals surface area contributed by atoms with E-state index in [1.54, 1.807) is 6.07 Å². The summed E-state index contributed by atoms with van der Waals surface area (Å²) in [5.74, 6) is 1.27. The molecule has 1 unspecified atom stereocenters. The van der Waals surface area contributed by atoms with Crippen molar-refractivity contribution in [3.05, 3.63) is 11.8 Å². The molecule has 94 valence electrons. The predicted octanol–water partition coefficient (Wildman–Crippen LogP) is 0.393. The molecule has 2 rings (SSSR count). The number of rotatable bonds is 3. The monoisotopic (exact) mass is 257 g/mol. The Kier molecular flexibility index (Phi) is 3.19. The lowest BCUT2D eigenvalue weighted by Gasteiger charge is -2.11. The van der Waals surface area contributed by atoms with Gasteiger partial charge in [0.1, 0.15) is 0 Å². The van der Waals surface area contributed by atoms with Gasteiger partial charge < -0.3 is 10.1 Å². The Bertz CT molecular complexity index is 516. The highest BCUT2D eigenvalue weighted by atomic mass is 32.2. The van der Waals surface area contributed by atoms with Gasteiger partial charge in [0.15, 0.2) is 9.84 Å². The highest BCUT2D eigenvalue weighted by Gasteiger charge is 2.28. The number of hydrogen-bond acceptors (Lipinski definition) is 6. The van der Waals surface area contributed by atoms with Crippen LogP contribution in [-0.4, -0.2) is 43.0 Å². The normalized spacial score (nSPS) is 22.4. The van der Waals surface area contributed by atoms with Gasteiger partial charge in [-0.1, -0.05) is 0 Å². The molecule has 1 saturated heterocycles. The van der Waals surface area contributed by atoms with E-state index in [-0.39, 0.29) is 17.5 Å². The van der Waals surface area contributed by atoms with Crippen LogP contribution in [0.1, 0.15) is 12.1 Å². The fraction of sp³-hybridized carbons (Fsp3) is 0.600. The molecule has 1 aliphatic rings. The lowest BCUT2D eigenvalue weighted by molar-refractivity contribution is 0.397. The average Bonchev–Trinajstić information content (AvgIpc) is 2.57. The first kappa shape index (κ1) is 12.1. The number of methoxy groups -OCH3 is 1. The molecule has 17 heavy (non-hydrogen) atoms. The number of aromatic nitrogens is 2. The summed E-state index contributed by atoms with van der Waals surface area (Å²) < 4.78 is 27.7. The van der Waals surface area contributed by atoms with Crippen molar-refractivity contribution in [2.75, 3.05) is 23.9 Å². The average molecular weight is 257 g/mol. The van der Waals surface area contributed by atoms with E-state index in [4.69, 9.17) is 4.74 Å². The zero-order chi connectivity index (χ0) is 12.5. The number of nitrogens with zero attached hydrogens (tertiary/aromatic N) is 2. The zero-order valence-corrected chi connectivity index (χ0v) is 10.6. The number of aryl methyl sites for hydroxylation is 1. The lowest BCUT2D eigenvalue weighted by Crippen LogP contribution is -2.22. The SMILES string of the molecule is COc1cc(C)nc(NC2CCS(=O)(=O)C2)n1. The summed E-state index contributed by atoms with van der Waals surface area (Å²) in [6.45, 7) is 1.83. The van der Waals surface area contributed by atoms with Crippen molar-refractivity contribution in [3.63, 3.8) is 0 Å². The third kappa shape index (κ3) is 3.06. The summed E-state index contributed by atoms with van der Waals surface area (Å²) >= 11 is 0. The molecule has 0 aromatic carbocycles. The molecule has 1 fully saturated rings. The topological polar surface area (TPSA) is 81.2 Å². The maximum Gasteiger partial charge on any atom is 0.226 e. The molecule has 7 heteroatoms. The minimum Gasteiger partial charge on any atom is -0.481 e. The van der Waals surface area contributed by atoms with Crippen molar-refractivity contribution in [3.8, 4) is 5.88 Å². The second-order valence-electron chi connectivity index (χ2n) is 4.12. The largest absolute Gasteiger partial charge is 0.481 e. The van der Waals surface area contributed by atoms with Crippen molar-refractivity contribution in [2.45, 2.75) is 19.4 Å². The van der Waals surface area contributed by atoms with Crippen molar-refractivity contribution in [1.82, 2.24) is 9.97 Å². The van der Waals surface area contributed by atoms with E-state index in [0.29, 0.717) is 18.2 Å². The van der Waals surface area contributed by atoms with Gasteiger partial charge in [-0.25, -0.2) is 13.4 Å². The van der Waals surface area contributed by atoms with Crippen LogP contribution in [0.5, 0.6) is 5.88 Å². The van der Waals surface area contributed by atoms with Crippen LogP contribution in [0.2, 0.25) is 0 Å². The molecule has 1 N–H and O–H groups in total. The van der Waals surface area contributed by atoms with E-state index in [1.165, 1.54) is 7.11 Å². The Hall–Kier alpha value is -1.37. The lowest BCUT2D eigenvalue weighted by atomic mass is 10.3. The molecule has 1 aliphatic heterocycles. The Morgan fingerprint density at radius 2 is 2.24 bits per heavy atom. The first-order chi connectivity index (χ1) is 7.98. The van der Waals surface area contributed by atoms with Gasteiger partial charge in [0.25, 0.3) is 0 Å². The van der Waals surface area contributed by atoms with Gasteiger partial charge in [0.2, 0.25) is 11.8 Å². The molecular formula is C10H15N3O3S. The van der Waals surface area contributed by atoms with Crippen molar-refractivity contribution < 1.29 is 13.2 Å². The molecule has 0 aliphatic carbocycles. The van der Waals surface area contributed by atoms with Crippen LogP contribution in [0.15, 0.2) is 6.07 Å². The zero-order valence-electron chi connectivity index (χ0n) is 9.80. The highest BCUT2D eigenvalue weighted by Crippen LogP contribution is 2.17. The summed E-state index contributed by atoms with van der Waals surface area (Å²) in [6.07, 6.45) is 0.599. The summed E-state index contributed by atoms with van der Waals surface area (Å²) in [5, 5.41) is 3.03. The summed E-state index contributed by atoms with van der Waals surface area (Å²) in [6, 6.07) is 1.61. The molecule has 2 heterocycles. The highest BCUT2D eigenvalue weighted by molar-refractivity contribution is 7.91. The fourth-order valence-electron chi connectivity index (χ4n) is 1.80. The van der Waals surface area contributed by atoms with Crippen LogP contribution in [-0.2, 0) is 9.84 Å². The number of ether oxygens (including phenoxy) is 1. The smallest absolute Gasteiger partial charge is 0.226 e. The van der Waals surface area contributed by atoms with Crippen LogP contribution in [0.4, 0.5) is 5.95 Å². The second-order valence-corrected chi connectivity index (χ2v) is 6.35. The number of anilines is 1. The molecule has 1 aromatic rings. The van der Waals surface area contributed by atoms with Gasteiger partial charge in [0, 0.05) is 17.8 Å². The molecule has 0 bridgehead atoms. The van der Waals surface area contributed by atoms with Crippen molar-refractivity contribution >= 4 is 15.8 Å². The van der Waals surface area contributed by atoms with Gasteiger partial charge >= 0.3 is 0 Å². The second kappa shape index (κ2) is 4.48. The van der Waals surface area contributed by atoms with E-state index in [0.717, 1.165) is 5.69 Å². The van der Waals surface area contributed by atoms with Gasteiger partial charge in [-0.3, -0.25) is 0 Å². The summed E-state index contributed by atoms with van der Waals surface area (Å²) in [7, 11) is -1.36. The Morgan fingerprint density at radius 3 is 2.82 bits per heavy atom. The number of nitrogens with one attached hydrogen (secondary N) is 1. The van der Waals surface area contributed by atoms with Crippen LogP contribution in [0, 0.1) is 6.92 Å². The van der Waals surface area contributed by atoms with Gasteiger partial charge in [-0.05, 0) is 13.3 Å². The standard InChI is InChI=1S/C10H15N3O3S/c1-7-5-9(16-2)13-10(11-7)12-8-3-4-17(14,15)6-8/h5,8H,3-4,6H2,1-2H3,(H,11,12,13). The number of sulfone groups is 1. The van der Waals surface area contributed by atoms with Crippen LogP contribution in [0.3, 0.4) is 0 Å². The molecule has 0 amide bonds. The number of hydrogen-bond donors (Lipinski definition) is 1. The Labute approximate surface area is 100 Å². The van der Waals surface area contributed by atoms with E-state index >= 15 is 0 Å². The quantitative estimate of drug-likeness (QED) is 0.843. The van der Waals surface area contributed by atoms with Crippen LogP contribution >= 0.6 is 0 Å². The van der Waals surface area contributed by atoms with Crippen LogP contribution < -0.4 is 10.1 Å². The third-order valence-corrected chi connectivity index (χ3v) is 4.37. The molecule has 1 atom stereocenters. The summed E-state index contributed by atoms with van der Waals surface area (Å²) in [4.78, 5) is 8.32. The molecule has 6 nitrogen and oxygen atoms in total. The minimum absolute atomic E-state index is 0.105. The first-order valence-corrected chi connectivity index (χ1v) is 7.17. The van der Waals surface area contributed by atoms with Gasteiger partial charge in [-0.15, -0.1) is 0 Å². The minimum atomic E-state index is -2.89. The fourth-order valence-corrected chi connectivity index (χ4v) is 3.47. The third-order valence-electron chi connectivity index (χ3n) is 2.61. The molecule has 0 saturated carbocycles. The molecular weight excluding hydrogens is 242 g/mol. The molecule has 0 spiro atoms. The Balaban J connectivity index is 2.11. The van der Waals surface area contributed by atoms with Gasteiger partial charge in [-0.2, -0.15) is 4.98 Å². The van der Waals surface area contributed by atoms with E-state index in [1.807, 2.05) is 6.92 Å². The van der Waals surface area contributed by atoms with Gasteiger partial charge in [0.05, 0.1) is 18.6 Å². The maximum atomic E-state index is 11.3. The molecule has 0 radical (unpaired) electrons. The van der Waals surface area contributed by atoms with Crippen LogP contribution in [0.25, 0.3) is 0 Å². The van der Waals surface area contributed by atoms with Crippen molar-refractivity contribution in [1.29, 1.82) is 0 Å². The van der Waals surface area contributed by atoms with E-state index in [2.05, 4.69) is 15.3 Å². The van der Waals surface area contributed by atoms with E-state index < -0.39 is 9.84 Å². The van der Waals surface area contributed by atoms with E-state index in [9.17, 15) is 8.42 Å². The summed E-state index contributed by atoms with van der Waals surface area (Å²) in [5.41, 5.74) is 0.778. The first-order valence-electron chi connectivity index (χ1n) is 5.35. The molecule has 1 aromatic heterocycles. The predicted molar refractivity (Wildman–Crippen MR) is 64.0 cm³/mol.